The van der Waals surface area contributed by atoms with E-state index in [-0.39, 0.29) is 6.10 Å². The highest BCUT2D eigenvalue weighted by atomic mass is 16.5. The molecule has 1 aliphatic rings. The maximum Gasteiger partial charge on any atom is 0.184 e. The molecule has 0 spiro atoms. The van der Waals surface area contributed by atoms with E-state index in [1.165, 1.54) is 0 Å². The van der Waals surface area contributed by atoms with Crippen LogP contribution in [0.25, 0.3) is 0 Å². The van der Waals surface area contributed by atoms with Crippen LogP contribution < -0.4 is 15.2 Å². The van der Waals surface area contributed by atoms with Gasteiger partial charge in [-0.1, -0.05) is 0 Å². The molecule has 0 bridgehead atoms. The predicted molar refractivity (Wildman–Crippen MR) is 72.4 cm³/mol. The van der Waals surface area contributed by atoms with Crippen molar-refractivity contribution < 1.29 is 14.2 Å². The van der Waals surface area contributed by atoms with Gasteiger partial charge in [-0.25, -0.2) is 0 Å². The van der Waals surface area contributed by atoms with Crippen molar-refractivity contribution in [2.75, 3.05) is 14.2 Å². The summed E-state index contributed by atoms with van der Waals surface area (Å²) in [6.45, 7) is 0.445. The minimum absolute atomic E-state index is 0.275. The van der Waals surface area contributed by atoms with Gasteiger partial charge in [0.1, 0.15) is 5.69 Å². The van der Waals surface area contributed by atoms with Crippen molar-refractivity contribution in [2.24, 2.45) is 5.73 Å². The highest BCUT2D eigenvalue weighted by molar-refractivity contribution is 5.42. The second kappa shape index (κ2) is 6.73. The molecule has 0 aliphatic heterocycles. The van der Waals surface area contributed by atoms with Gasteiger partial charge in [-0.2, -0.15) is 0 Å². The first-order chi connectivity index (χ1) is 9.24. The lowest BCUT2D eigenvalue weighted by molar-refractivity contribution is 0.0112. The van der Waals surface area contributed by atoms with E-state index >= 15 is 0 Å². The Morgan fingerprint density at radius 3 is 2.58 bits per heavy atom. The van der Waals surface area contributed by atoms with E-state index in [0.29, 0.717) is 24.1 Å². The van der Waals surface area contributed by atoms with Crippen LogP contribution in [0.4, 0.5) is 0 Å². The quantitative estimate of drug-likeness (QED) is 0.881. The lowest BCUT2D eigenvalue weighted by atomic mass is 9.94. The van der Waals surface area contributed by atoms with Crippen molar-refractivity contribution in [3.05, 3.63) is 18.0 Å². The van der Waals surface area contributed by atoms with E-state index < -0.39 is 0 Å². The zero-order valence-electron chi connectivity index (χ0n) is 11.6. The van der Waals surface area contributed by atoms with Gasteiger partial charge < -0.3 is 19.9 Å². The van der Waals surface area contributed by atoms with Gasteiger partial charge >= 0.3 is 0 Å². The number of methoxy groups -OCH3 is 2. The van der Waals surface area contributed by atoms with Gasteiger partial charge in [0, 0.05) is 18.3 Å². The summed E-state index contributed by atoms with van der Waals surface area (Å²) in [4.78, 5) is 4.30. The molecule has 5 heteroatoms. The van der Waals surface area contributed by atoms with Crippen LogP contribution in [0.5, 0.6) is 11.5 Å². The number of aromatic nitrogens is 1. The molecule has 1 fully saturated rings. The van der Waals surface area contributed by atoms with Crippen LogP contribution >= 0.6 is 0 Å². The summed E-state index contributed by atoms with van der Waals surface area (Å²) in [6, 6.07) is 2.12. The standard InChI is InChI=1S/C14H22N2O3/c1-17-13-7-8-16-12(14(13)18-2)9-19-11-5-3-10(15)4-6-11/h7-8,10-11H,3-6,9,15H2,1-2H3. The molecule has 2 N–H and O–H groups in total. The lowest BCUT2D eigenvalue weighted by Crippen LogP contribution is -2.30. The molecular weight excluding hydrogens is 244 g/mol. The minimum atomic E-state index is 0.275. The summed E-state index contributed by atoms with van der Waals surface area (Å²) in [7, 11) is 3.23. The van der Waals surface area contributed by atoms with Gasteiger partial charge in [-0.05, 0) is 25.7 Å². The third kappa shape index (κ3) is 3.58. The van der Waals surface area contributed by atoms with Crippen LogP contribution in [-0.2, 0) is 11.3 Å². The Morgan fingerprint density at radius 2 is 1.95 bits per heavy atom. The molecule has 1 saturated carbocycles. The molecule has 0 unspecified atom stereocenters. The minimum Gasteiger partial charge on any atom is -0.493 e. The molecule has 0 saturated heterocycles. The predicted octanol–water partition coefficient (Wildman–Crippen LogP) is 1.89. The molecule has 0 atom stereocenters. The van der Waals surface area contributed by atoms with Crippen LogP contribution in [0, 0.1) is 0 Å². The van der Waals surface area contributed by atoms with Crippen molar-refractivity contribution in [3.8, 4) is 11.5 Å². The van der Waals surface area contributed by atoms with Gasteiger partial charge in [0.25, 0.3) is 0 Å². The van der Waals surface area contributed by atoms with E-state index in [0.717, 1.165) is 31.4 Å². The first-order valence-corrected chi connectivity index (χ1v) is 6.67. The Bertz CT molecular complexity index is 404. The Kier molecular flexibility index (Phi) is 4.99. The molecule has 1 aliphatic carbocycles. The number of hydrogen-bond donors (Lipinski definition) is 1. The topological polar surface area (TPSA) is 66.6 Å². The van der Waals surface area contributed by atoms with Crippen molar-refractivity contribution >= 4 is 0 Å². The number of hydrogen-bond acceptors (Lipinski definition) is 5. The summed E-state index contributed by atoms with van der Waals surface area (Å²) in [6.07, 6.45) is 6.09. The average molecular weight is 266 g/mol. The zero-order chi connectivity index (χ0) is 13.7. The fourth-order valence-corrected chi connectivity index (χ4v) is 2.41. The van der Waals surface area contributed by atoms with Gasteiger partial charge in [-0.15, -0.1) is 0 Å². The van der Waals surface area contributed by atoms with Crippen LogP contribution in [0.2, 0.25) is 0 Å². The average Bonchev–Trinajstić information content (AvgIpc) is 2.46. The SMILES string of the molecule is COc1ccnc(COC2CCC(N)CC2)c1OC. The normalized spacial score (nSPS) is 23.1. The first kappa shape index (κ1) is 14.1. The van der Waals surface area contributed by atoms with Crippen LogP contribution in [0.15, 0.2) is 12.3 Å². The fourth-order valence-electron chi connectivity index (χ4n) is 2.41. The second-order valence-electron chi connectivity index (χ2n) is 4.84. The largest absolute Gasteiger partial charge is 0.493 e. The fraction of sp³-hybridized carbons (Fsp3) is 0.643. The van der Waals surface area contributed by atoms with Crippen molar-refractivity contribution in [3.63, 3.8) is 0 Å². The van der Waals surface area contributed by atoms with E-state index in [1.54, 1.807) is 26.5 Å². The maximum atomic E-state index is 5.91. The highest BCUT2D eigenvalue weighted by Gasteiger charge is 2.20. The van der Waals surface area contributed by atoms with E-state index in [2.05, 4.69) is 4.98 Å². The number of nitrogens with two attached hydrogens (primary N) is 1. The first-order valence-electron chi connectivity index (χ1n) is 6.67. The van der Waals surface area contributed by atoms with Crippen LogP contribution in [-0.4, -0.2) is 31.3 Å². The van der Waals surface area contributed by atoms with Crippen LogP contribution in [0.3, 0.4) is 0 Å². The molecule has 19 heavy (non-hydrogen) atoms. The molecule has 1 aromatic rings. The molecule has 1 aromatic heterocycles. The van der Waals surface area contributed by atoms with Crippen molar-refractivity contribution in [2.45, 2.75) is 44.4 Å². The van der Waals surface area contributed by atoms with E-state index in [9.17, 15) is 0 Å². The Labute approximate surface area is 114 Å². The Balaban J connectivity index is 1.95. The third-order valence-electron chi connectivity index (χ3n) is 3.54. The summed E-state index contributed by atoms with van der Waals surface area (Å²) < 4.78 is 16.5. The third-order valence-corrected chi connectivity index (χ3v) is 3.54. The van der Waals surface area contributed by atoms with Gasteiger partial charge in [0.2, 0.25) is 0 Å². The number of pyridine rings is 1. The molecule has 106 valence electrons. The monoisotopic (exact) mass is 266 g/mol. The second-order valence-corrected chi connectivity index (χ2v) is 4.84. The summed E-state index contributed by atoms with van der Waals surface area (Å²) in [5.41, 5.74) is 6.66. The highest BCUT2D eigenvalue weighted by Crippen LogP contribution is 2.30. The lowest BCUT2D eigenvalue weighted by Gasteiger charge is -2.26. The Hall–Kier alpha value is -1.33. The molecule has 0 amide bonds. The van der Waals surface area contributed by atoms with Gasteiger partial charge in [0.15, 0.2) is 11.5 Å². The summed E-state index contributed by atoms with van der Waals surface area (Å²) in [5.74, 6) is 1.33. The molecule has 0 aromatic carbocycles. The molecule has 5 nitrogen and oxygen atoms in total. The summed E-state index contributed by atoms with van der Waals surface area (Å²) >= 11 is 0. The molecular formula is C14H22N2O3. The van der Waals surface area contributed by atoms with Crippen LogP contribution in [0.1, 0.15) is 31.4 Å². The smallest absolute Gasteiger partial charge is 0.184 e. The van der Waals surface area contributed by atoms with Crippen molar-refractivity contribution in [1.82, 2.24) is 4.98 Å². The maximum absolute atomic E-state index is 5.91. The number of nitrogens with zero attached hydrogens (tertiary/aromatic N) is 1. The number of rotatable bonds is 5. The number of ether oxygens (including phenoxy) is 3. The zero-order valence-corrected chi connectivity index (χ0v) is 11.6. The summed E-state index contributed by atoms with van der Waals surface area (Å²) in [5, 5.41) is 0. The molecule has 2 rings (SSSR count). The molecule has 1 heterocycles. The van der Waals surface area contributed by atoms with E-state index in [4.69, 9.17) is 19.9 Å². The van der Waals surface area contributed by atoms with E-state index in [1.807, 2.05) is 0 Å². The molecule has 0 radical (unpaired) electrons. The van der Waals surface area contributed by atoms with Gasteiger partial charge in [-0.3, -0.25) is 4.98 Å². The van der Waals surface area contributed by atoms with Crippen molar-refractivity contribution in [1.29, 1.82) is 0 Å². The van der Waals surface area contributed by atoms with Gasteiger partial charge in [0.05, 0.1) is 26.9 Å². The Morgan fingerprint density at radius 1 is 1.21 bits per heavy atom.